The van der Waals surface area contributed by atoms with Gasteiger partial charge in [-0.1, -0.05) is 24.3 Å². The molecular formula is C22H36N2O2. The van der Waals surface area contributed by atoms with Crippen LogP contribution < -0.4 is 0 Å². The van der Waals surface area contributed by atoms with Gasteiger partial charge in [0.2, 0.25) is 0 Å². The topological polar surface area (TPSA) is 46.9 Å². The molecule has 0 aliphatic carbocycles. The van der Waals surface area contributed by atoms with Gasteiger partial charge in [-0.15, -0.1) is 0 Å². The molecule has 0 saturated carbocycles. The Kier molecular flexibility index (Phi) is 7.10. The van der Waals surface area contributed by atoms with E-state index in [0.29, 0.717) is 11.8 Å². The molecule has 146 valence electrons. The SMILES string of the molecule is CC(O)C1CCCN(Cc2ccc(CN3CCCC(C(C)O)C3)cc2)C1. The Balaban J connectivity index is 1.50. The van der Waals surface area contributed by atoms with Crippen molar-refractivity contribution in [2.24, 2.45) is 11.8 Å². The number of aliphatic hydroxyl groups excluding tert-OH is 2. The zero-order valence-corrected chi connectivity index (χ0v) is 16.5. The standard InChI is InChI=1S/C22H36N2O2/c1-17(25)21-5-3-11-23(15-21)13-19-7-9-20(10-8-19)14-24-12-4-6-22(16-24)18(2)26/h7-10,17-18,21-22,25-26H,3-6,11-16H2,1-2H3. The lowest BCUT2D eigenvalue weighted by molar-refractivity contribution is 0.0594. The first-order chi connectivity index (χ1) is 12.5. The third-order valence-electron chi connectivity index (χ3n) is 6.28. The zero-order chi connectivity index (χ0) is 18.5. The first kappa shape index (κ1) is 19.8. The highest BCUT2D eigenvalue weighted by molar-refractivity contribution is 5.22. The molecule has 2 fully saturated rings. The van der Waals surface area contributed by atoms with Gasteiger partial charge in [0.15, 0.2) is 0 Å². The van der Waals surface area contributed by atoms with Crippen molar-refractivity contribution in [1.29, 1.82) is 0 Å². The lowest BCUT2D eigenvalue weighted by Gasteiger charge is -2.34. The summed E-state index contributed by atoms with van der Waals surface area (Å²) in [5, 5.41) is 19.7. The molecule has 1 aromatic rings. The first-order valence-corrected chi connectivity index (χ1v) is 10.4. The molecule has 2 saturated heterocycles. The van der Waals surface area contributed by atoms with E-state index in [2.05, 4.69) is 34.1 Å². The van der Waals surface area contributed by atoms with Crippen molar-refractivity contribution in [3.63, 3.8) is 0 Å². The molecule has 3 rings (SSSR count). The fourth-order valence-corrected chi connectivity index (χ4v) is 4.52. The molecule has 2 aliphatic rings. The van der Waals surface area contributed by atoms with Gasteiger partial charge in [-0.05, 0) is 75.6 Å². The lowest BCUT2D eigenvalue weighted by atomic mass is 9.93. The van der Waals surface area contributed by atoms with Crippen LogP contribution in [-0.4, -0.2) is 58.4 Å². The van der Waals surface area contributed by atoms with Crippen LogP contribution in [0.1, 0.15) is 50.7 Å². The van der Waals surface area contributed by atoms with Crippen LogP contribution in [0.25, 0.3) is 0 Å². The van der Waals surface area contributed by atoms with E-state index in [-0.39, 0.29) is 12.2 Å². The maximum atomic E-state index is 9.86. The average Bonchev–Trinajstić information content (AvgIpc) is 2.64. The van der Waals surface area contributed by atoms with Gasteiger partial charge >= 0.3 is 0 Å². The van der Waals surface area contributed by atoms with Crippen molar-refractivity contribution in [3.05, 3.63) is 35.4 Å². The van der Waals surface area contributed by atoms with Gasteiger partial charge in [0.05, 0.1) is 12.2 Å². The molecule has 4 unspecified atom stereocenters. The van der Waals surface area contributed by atoms with Crippen molar-refractivity contribution in [3.8, 4) is 0 Å². The Hall–Kier alpha value is -0.940. The van der Waals surface area contributed by atoms with Gasteiger partial charge in [-0.3, -0.25) is 9.80 Å². The van der Waals surface area contributed by atoms with E-state index >= 15 is 0 Å². The summed E-state index contributed by atoms with van der Waals surface area (Å²) in [7, 11) is 0. The summed E-state index contributed by atoms with van der Waals surface area (Å²) in [4.78, 5) is 4.96. The highest BCUT2D eigenvalue weighted by Gasteiger charge is 2.24. The Morgan fingerprint density at radius 3 is 1.54 bits per heavy atom. The van der Waals surface area contributed by atoms with Crippen LogP contribution in [-0.2, 0) is 13.1 Å². The maximum absolute atomic E-state index is 9.86. The van der Waals surface area contributed by atoms with Gasteiger partial charge < -0.3 is 10.2 Å². The van der Waals surface area contributed by atoms with Crippen LogP contribution in [0.15, 0.2) is 24.3 Å². The van der Waals surface area contributed by atoms with E-state index in [1.165, 1.54) is 24.0 Å². The van der Waals surface area contributed by atoms with Gasteiger partial charge in [0, 0.05) is 26.2 Å². The molecule has 0 aromatic heterocycles. The number of nitrogens with zero attached hydrogens (tertiary/aromatic N) is 2. The van der Waals surface area contributed by atoms with E-state index in [1.54, 1.807) is 0 Å². The van der Waals surface area contributed by atoms with Crippen molar-refractivity contribution < 1.29 is 10.2 Å². The van der Waals surface area contributed by atoms with Gasteiger partial charge in [-0.2, -0.15) is 0 Å². The zero-order valence-electron chi connectivity index (χ0n) is 16.5. The lowest BCUT2D eigenvalue weighted by Crippen LogP contribution is -2.39. The minimum atomic E-state index is -0.199. The Labute approximate surface area is 158 Å². The number of likely N-dealkylation sites (tertiary alicyclic amines) is 2. The Bertz CT molecular complexity index is 495. The summed E-state index contributed by atoms with van der Waals surface area (Å²) in [6, 6.07) is 9.05. The van der Waals surface area contributed by atoms with Crippen LogP contribution >= 0.6 is 0 Å². The smallest absolute Gasteiger partial charge is 0.0552 e. The predicted octanol–water partition coefficient (Wildman–Crippen LogP) is 2.87. The van der Waals surface area contributed by atoms with Crippen LogP contribution in [0.4, 0.5) is 0 Å². The van der Waals surface area contributed by atoms with Crippen molar-refractivity contribution in [2.75, 3.05) is 26.2 Å². The normalized spacial score (nSPS) is 28.0. The molecule has 2 heterocycles. The number of benzene rings is 1. The van der Waals surface area contributed by atoms with E-state index < -0.39 is 0 Å². The fourth-order valence-electron chi connectivity index (χ4n) is 4.52. The molecule has 1 aromatic carbocycles. The second-order valence-electron chi connectivity index (χ2n) is 8.57. The largest absolute Gasteiger partial charge is 0.393 e. The molecule has 26 heavy (non-hydrogen) atoms. The van der Waals surface area contributed by atoms with E-state index in [4.69, 9.17) is 0 Å². The second kappa shape index (κ2) is 9.32. The summed E-state index contributed by atoms with van der Waals surface area (Å²) in [5.41, 5.74) is 2.72. The van der Waals surface area contributed by atoms with E-state index in [1.807, 2.05) is 13.8 Å². The molecule has 4 nitrogen and oxygen atoms in total. The number of rotatable bonds is 6. The van der Waals surface area contributed by atoms with Crippen LogP contribution in [0.3, 0.4) is 0 Å². The third-order valence-corrected chi connectivity index (χ3v) is 6.28. The van der Waals surface area contributed by atoms with Crippen LogP contribution in [0.5, 0.6) is 0 Å². The number of piperidine rings is 2. The Morgan fingerprint density at radius 1 is 0.808 bits per heavy atom. The van der Waals surface area contributed by atoms with E-state index in [9.17, 15) is 10.2 Å². The summed E-state index contributed by atoms with van der Waals surface area (Å²) in [6.07, 6.45) is 4.28. The molecule has 0 spiro atoms. The maximum Gasteiger partial charge on any atom is 0.0552 e. The quantitative estimate of drug-likeness (QED) is 0.819. The second-order valence-corrected chi connectivity index (χ2v) is 8.57. The summed E-state index contributed by atoms with van der Waals surface area (Å²) >= 11 is 0. The van der Waals surface area contributed by atoms with Gasteiger partial charge in [0.25, 0.3) is 0 Å². The highest BCUT2D eigenvalue weighted by atomic mass is 16.3. The van der Waals surface area contributed by atoms with Gasteiger partial charge in [0.1, 0.15) is 0 Å². The molecule has 0 radical (unpaired) electrons. The fraction of sp³-hybridized carbons (Fsp3) is 0.727. The first-order valence-electron chi connectivity index (χ1n) is 10.4. The Morgan fingerprint density at radius 2 is 1.19 bits per heavy atom. The third kappa shape index (κ3) is 5.53. The summed E-state index contributed by atoms with van der Waals surface area (Å²) < 4.78 is 0. The summed E-state index contributed by atoms with van der Waals surface area (Å²) in [5.74, 6) is 0.841. The predicted molar refractivity (Wildman–Crippen MR) is 106 cm³/mol. The van der Waals surface area contributed by atoms with Crippen LogP contribution in [0, 0.1) is 11.8 Å². The molecule has 2 N–H and O–H groups in total. The minimum Gasteiger partial charge on any atom is -0.393 e. The molecule has 0 amide bonds. The van der Waals surface area contributed by atoms with Crippen molar-refractivity contribution in [1.82, 2.24) is 9.80 Å². The van der Waals surface area contributed by atoms with Gasteiger partial charge in [-0.25, -0.2) is 0 Å². The monoisotopic (exact) mass is 360 g/mol. The number of hydrogen-bond donors (Lipinski definition) is 2. The van der Waals surface area contributed by atoms with Crippen molar-refractivity contribution >= 4 is 0 Å². The van der Waals surface area contributed by atoms with E-state index in [0.717, 1.165) is 52.1 Å². The molecule has 4 atom stereocenters. The molecule has 2 aliphatic heterocycles. The van der Waals surface area contributed by atoms with Crippen LogP contribution in [0.2, 0.25) is 0 Å². The molecule has 4 heteroatoms. The molecule has 0 bridgehead atoms. The summed E-state index contributed by atoms with van der Waals surface area (Å²) in [6.45, 7) is 10.1. The van der Waals surface area contributed by atoms with Crippen molar-refractivity contribution in [2.45, 2.75) is 64.8 Å². The number of hydrogen-bond acceptors (Lipinski definition) is 4. The molecular weight excluding hydrogens is 324 g/mol. The average molecular weight is 361 g/mol. The number of aliphatic hydroxyl groups is 2. The highest BCUT2D eigenvalue weighted by Crippen LogP contribution is 2.23. The minimum absolute atomic E-state index is 0.199.